The van der Waals surface area contributed by atoms with Crippen LogP contribution in [-0.4, -0.2) is 12.6 Å². The third-order valence-corrected chi connectivity index (χ3v) is 4.40. The van der Waals surface area contributed by atoms with Gasteiger partial charge in [0.15, 0.2) is 0 Å². The Morgan fingerprint density at radius 1 is 1.12 bits per heavy atom. The highest BCUT2D eigenvalue weighted by molar-refractivity contribution is 5.89. The molecule has 0 unspecified atom stereocenters. The van der Waals surface area contributed by atoms with Crippen molar-refractivity contribution in [3.63, 3.8) is 0 Å². The summed E-state index contributed by atoms with van der Waals surface area (Å²) in [5.41, 5.74) is 4.56. The van der Waals surface area contributed by atoms with E-state index >= 15 is 0 Å². The number of ether oxygens (including phenoxy) is 1. The van der Waals surface area contributed by atoms with Gasteiger partial charge in [-0.2, -0.15) is 0 Å². The lowest BCUT2D eigenvalue weighted by Crippen LogP contribution is -2.07. The molecule has 5 nitrogen and oxygen atoms in total. The summed E-state index contributed by atoms with van der Waals surface area (Å²) in [4.78, 5) is 23.6. The van der Waals surface area contributed by atoms with Gasteiger partial charge in [0.2, 0.25) is 0 Å². The molecule has 0 amide bonds. The van der Waals surface area contributed by atoms with Gasteiger partial charge in [0.05, 0.1) is 12.2 Å². The fourth-order valence-electron chi connectivity index (χ4n) is 2.81. The molecule has 0 aliphatic carbocycles. The molecule has 1 heterocycles. The average Bonchev–Trinajstić information content (AvgIpc) is 2.64. The van der Waals surface area contributed by atoms with E-state index in [0.29, 0.717) is 24.3 Å². The van der Waals surface area contributed by atoms with E-state index in [-0.39, 0.29) is 11.6 Å². The molecule has 5 heteroatoms. The van der Waals surface area contributed by atoms with Gasteiger partial charge >= 0.3 is 11.6 Å². The Labute approximate surface area is 151 Å². The number of benzene rings is 2. The van der Waals surface area contributed by atoms with Gasteiger partial charge in [-0.25, -0.2) is 9.59 Å². The molecule has 0 bridgehead atoms. The van der Waals surface area contributed by atoms with Crippen LogP contribution in [0.1, 0.15) is 34.0 Å². The Morgan fingerprint density at radius 2 is 1.85 bits per heavy atom. The van der Waals surface area contributed by atoms with Gasteiger partial charge in [-0.05, 0) is 61.7 Å². The Kier molecular flexibility index (Phi) is 5.07. The zero-order valence-corrected chi connectivity index (χ0v) is 15.1. The standard InChI is InChI=1S/C21H21NO4/c1-4-25-21(24)15-6-8-17(9-7-15)22-12-16-11-19(23)26-20-14(3)13(2)5-10-18(16)20/h5-11,22H,4,12H2,1-3H3. The van der Waals surface area contributed by atoms with Crippen LogP contribution in [0.15, 0.2) is 51.7 Å². The van der Waals surface area contributed by atoms with Crippen molar-refractivity contribution < 1.29 is 13.9 Å². The van der Waals surface area contributed by atoms with Crippen LogP contribution in [0.3, 0.4) is 0 Å². The van der Waals surface area contributed by atoms with Crippen molar-refractivity contribution >= 4 is 22.6 Å². The minimum absolute atomic E-state index is 0.337. The van der Waals surface area contributed by atoms with Gasteiger partial charge in [0, 0.05) is 23.7 Å². The maximum absolute atomic E-state index is 11.9. The number of hydrogen-bond acceptors (Lipinski definition) is 5. The first-order valence-corrected chi connectivity index (χ1v) is 8.53. The highest BCUT2D eigenvalue weighted by Gasteiger charge is 2.10. The molecule has 0 radical (unpaired) electrons. The number of fused-ring (bicyclic) bond motifs is 1. The second kappa shape index (κ2) is 7.44. The maximum Gasteiger partial charge on any atom is 0.338 e. The van der Waals surface area contributed by atoms with E-state index < -0.39 is 0 Å². The van der Waals surface area contributed by atoms with Crippen molar-refractivity contribution in [3.8, 4) is 0 Å². The Bertz CT molecular complexity index is 1000. The number of anilines is 1. The Hall–Kier alpha value is -3.08. The molecule has 0 aliphatic rings. The van der Waals surface area contributed by atoms with Crippen LogP contribution < -0.4 is 10.9 Å². The molecular formula is C21H21NO4. The molecule has 0 aliphatic heterocycles. The molecule has 1 aromatic heterocycles. The summed E-state index contributed by atoms with van der Waals surface area (Å²) in [6.07, 6.45) is 0. The summed E-state index contributed by atoms with van der Waals surface area (Å²) in [7, 11) is 0. The lowest BCUT2D eigenvalue weighted by atomic mass is 10.0. The number of hydrogen-bond donors (Lipinski definition) is 1. The minimum atomic E-state index is -0.361. The monoisotopic (exact) mass is 351 g/mol. The predicted molar refractivity (Wildman–Crippen MR) is 102 cm³/mol. The SMILES string of the molecule is CCOC(=O)c1ccc(NCc2cc(=O)oc3c(C)c(C)ccc23)cc1. The zero-order valence-electron chi connectivity index (χ0n) is 15.1. The molecule has 0 saturated carbocycles. The van der Waals surface area contributed by atoms with Gasteiger partial charge < -0.3 is 14.5 Å². The van der Waals surface area contributed by atoms with Gasteiger partial charge in [-0.1, -0.05) is 12.1 Å². The highest BCUT2D eigenvalue weighted by Crippen LogP contribution is 2.24. The minimum Gasteiger partial charge on any atom is -0.462 e. The van der Waals surface area contributed by atoms with E-state index in [1.165, 1.54) is 6.07 Å². The summed E-state index contributed by atoms with van der Waals surface area (Å²) in [5, 5.41) is 4.20. The molecule has 0 saturated heterocycles. The van der Waals surface area contributed by atoms with Crippen LogP contribution >= 0.6 is 0 Å². The Morgan fingerprint density at radius 3 is 2.54 bits per heavy atom. The molecule has 3 aromatic rings. The van der Waals surface area contributed by atoms with E-state index in [9.17, 15) is 9.59 Å². The number of rotatable bonds is 5. The van der Waals surface area contributed by atoms with Crippen LogP contribution in [0.4, 0.5) is 5.69 Å². The van der Waals surface area contributed by atoms with Crippen molar-refractivity contribution in [1.29, 1.82) is 0 Å². The Balaban J connectivity index is 1.83. The first kappa shape index (κ1) is 17.7. The van der Waals surface area contributed by atoms with E-state index in [2.05, 4.69) is 5.32 Å². The third kappa shape index (κ3) is 3.61. The van der Waals surface area contributed by atoms with E-state index in [0.717, 1.165) is 27.8 Å². The summed E-state index contributed by atoms with van der Waals surface area (Å²) in [6.45, 7) is 6.54. The van der Waals surface area contributed by atoms with Crippen molar-refractivity contribution in [2.45, 2.75) is 27.3 Å². The van der Waals surface area contributed by atoms with Gasteiger partial charge in [-0.15, -0.1) is 0 Å². The molecule has 3 rings (SSSR count). The van der Waals surface area contributed by atoms with Gasteiger partial charge in [0.1, 0.15) is 5.58 Å². The van der Waals surface area contributed by atoms with Crippen LogP contribution in [-0.2, 0) is 11.3 Å². The van der Waals surface area contributed by atoms with Gasteiger partial charge in [0.25, 0.3) is 0 Å². The summed E-state index contributed by atoms with van der Waals surface area (Å²) >= 11 is 0. The van der Waals surface area contributed by atoms with Crippen molar-refractivity contribution in [1.82, 2.24) is 0 Å². The second-order valence-corrected chi connectivity index (χ2v) is 6.13. The fraction of sp³-hybridized carbons (Fsp3) is 0.238. The number of nitrogens with one attached hydrogen (secondary N) is 1. The molecule has 2 aromatic carbocycles. The van der Waals surface area contributed by atoms with E-state index in [4.69, 9.17) is 9.15 Å². The third-order valence-electron chi connectivity index (χ3n) is 4.40. The molecule has 1 N–H and O–H groups in total. The summed E-state index contributed by atoms with van der Waals surface area (Å²) in [6, 6.07) is 12.6. The van der Waals surface area contributed by atoms with Crippen LogP contribution in [0.2, 0.25) is 0 Å². The topological polar surface area (TPSA) is 68.5 Å². The first-order chi connectivity index (χ1) is 12.5. The number of carbonyl (C=O) groups is 1. The summed E-state index contributed by atoms with van der Waals surface area (Å²) in [5.74, 6) is -0.337. The van der Waals surface area contributed by atoms with Crippen LogP contribution in [0.5, 0.6) is 0 Å². The quantitative estimate of drug-likeness (QED) is 0.551. The largest absolute Gasteiger partial charge is 0.462 e. The molecule has 0 atom stereocenters. The van der Waals surface area contributed by atoms with Crippen molar-refractivity contribution in [3.05, 3.63) is 75.1 Å². The van der Waals surface area contributed by atoms with E-state index in [1.54, 1.807) is 19.1 Å². The first-order valence-electron chi connectivity index (χ1n) is 8.53. The molecule has 0 fully saturated rings. The lowest BCUT2D eigenvalue weighted by molar-refractivity contribution is 0.0526. The van der Waals surface area contributed by atoms with Crippen molar-refractivity contribution in [2.75, 3.05) is 11.9 Å². The fourth-order valence-corrected chi connectivity index (χ4v) is 2.81. The molecule has 134 valence electrons. The smallest absolute Gasteiger partial charge is 0.338 e. The van der Waals surface area contributed by atoms with E-state index in [1.807, 2.05) is 38.1 Å². The zero-order chi connectivity index (χ0) is 18.7. The molecule has 0 spiro atoms. The molecular weight excluding hydrogens is 330 g/mol. The number of carbonyl (C=O) groups excluding carboxylic acids is 1. The number of aryl methyl sites for hydroxylation is 2. The maximum atomic E-state index is 11.9. The normalized spacial score (nSPS) is 10.7. The predicted octanol–water partition coefficient (Wildman–Crippen LogP) is 4.20. The van der Waals surface area contributed by atoms with Crippen molar-refractivity contribution in [2.24, 2.45) is 0 Å². The average molecular weight is 351 g/mol. The van der Waals surface area contributed by atoms with Gasteiger partial charge in [-0.3, -0.25) is 0 Å². The summed E-state index contributed by atoms with van der Waals surface area (Å²) < 4.78 is 10.4. The molecule has 26 heavy (non-hydrogen) atoms. The van der Waals surface area contributed by atoms with Crippen LogP contribution in [0.25, 0.3) is 11.0 Å². The highest BCUT2D eigenvalue weighted by atomic mass is 16.5. The van der Waals surface area contributed by atoms with Crippen LogP contribution in [0, 0.1) is 13.8 Å². The second-order valence-electron chi connectivity index (χ2n) is 6.13. The number of esters is 1. The lowest BCUT2D eigenvalue weighted by Gasteiger charge is -2.11.